The van der Waals surface area contributed by atoms with Gasteiger partial charge in [-0.05, 0) is 5.56 Å². The van der Waals surface area contributed by atoms with Gasteiger partial charge in [-0.3, -0.25) is 9.59 Å². The largest absolute Gasteiger partial charge is 0.349 e. The highest BCUT2D eigenvalue weighted by Crippen LogP contribution is 2.18. The van der Waals surface area contributed by atoms with E-state index in [1.807, 2.05) is 44.2 Å². The van der Waals surface area contributed by atoms with Crippen molar-refractivity contribution in [1.29, 1.82) is 0 Å². The zero-order chi connectivity index (χ0) is 12.8. The predicted molar refractivity (Wildman–Crippen MR) is 67.5 cm³/mol. The van der Waals surface area contributed by atoms with E-state index in [2.05, 4.69) is 5.32 Å². The van der Waals surface area contributed by atoms with E-state index in [0.29, 0.717) is 6.42 Å². The Morgan fingerprint density at radius 1 is 1.18 bits per heavy atom. The van der Waals surface area contributed by atoms with Crippen LogP contribution in [0.2, 0.25) is 0 Å². The molecule has 0 fully saturated rings. The first-order valence-corrected chi connectivity index (χ1v) is 5.85. The number of amides is 1. The standard InChI is InChI=1S/C14H19NO2/c1-10(2)14(17)9-13(15-11(3)16)12-7-5-4-6-8-12/h4-8,10,13H,9H2,1-3H3,(H,15,16)/t13-/m0/s1. The Kier molecular flexibility index (Phi) is 4.88. The van der Waals surface area contributed by atoms with Crippen LogP contribution < -0.4 is 5.32 Å². The fourth-order valence-electron chi connectivity index (χ4n) is 1.62. The Balaban J connectivity index is 2.81. The van der Waals surface area contributed by atoms with Crippen molar-refractivity contribution in [3.8, 4) is 0 Å². The van der Waals surface area contributed by atoms with Crippen molar-refractivity contribution in [3.05, 3.63) is 35.9 Å². The van der Waals surface area contributed by atoms with E-state index in [4.69, 9.17) is 0 Å². The van der Waals surface area contributed by atoms with E-state index in [0.717, 1.165) is 5.56 Å². The molecule has 3 heteroatoms. The van der Waals surface area contributed by atoms with E-state index in [1.165, 1.54) is 6.92 Å². The molecule has 1 rings (SSSR count). The van der Waals surface area contributed by atoms with Gasteiger partial charge in [-0.15, -0.1) is 0 Å². The number of rotatable bonds is 5. The molecule has 1 atom stereocenters. The smallest absolute Gasteiger partial charge is 0.217 e. The molecule has 0 unspecified atom stereocenters. The molecule has 17 heavy (non-hydrogen) atoms. The molecule has 1 amide bonds. The van der Waals surface area contributed by atoms with Crippen molar-refractivity contribution in [3.63, 3.8) is 0 Å². The lowest BCUT2D eigenvalue weighted by Gasteiger charge is -2.18. The first-order chi connectivity index (χ1) is 8.00. The van der Waals surface area contributed by atoms with Crippen molar-refractivity contribution in [1.82, 2.24) is 5.32 Å². The lowest BCUT2D eigenvalue weighted by molar-refractivity contribution is -0.123. The van der Waals surface area contributed by atoms with E-state index in [-0.39, 0.29) is 23.7 Å². The number of hydrogen-bond acceptors (Lipinski definition) is 2. The second-order valence-corrected chi connectivity index (χ2v) is 4.49. The minimum Gasteiger partial charge on any atom is -0.349 e. The predicted octanol–water partition coefficient (Wildman–Crippen LogP) is 2.48. The van der Waals surface area contributed by atoms with Gasteiger partial charge in [0.25, 0.3) is 0 Å². The van der Waals surface area contributed by atoms with E-state index >= 15 is 0 Å². The van der Waals surface area contributed by atoms with E-state index < -0.39 is 0 Å². The highest BCUT2D eigenvalue weighted by molar-refractivity contribution is 5.82. The van der Waals surface area contributed by atoms with Crippen molar-refractivity contribution in [2.24, 2.45) is 5.92 Å². The molecule has 0 saturated carbocycles. The average Bonchev–Trinajstić information content (AvgIpc) is 2.28. The molecule has 1 aromatic rings. The molecule has 92 valence electrons. The summed E-state index contributed by atoms with van der Waals surface area (Å²) in [6, 6.07) is 9.36. The molecule has 1 N–H and O–H groups in total. The van der Waals surface area contributed by atoms with Crippen LogP contribution in [0.25, 0.3) is 0 Å². The summed E-state index contributed by atoms with van der Waals surface area (Å²) in [6.07, 6.45) is 0.348. The van der Waals surface area contributed by atoms with Gasteiger partial charge in [0.2, 0.25) is 5.91 Å². The lowest BCUT2D eigenvalue weighted by atomic mass is 9.96. The average molecular weight is 233 g/mol. The molecule has 3 nitrogen and oxygen atoms in total. The summed E-state index contributed by atoms with van der Waals surface area (Å²) >= 11 is 0. The Labute approximate surface area is 102 Å². The van der Waals surface area contributed by atoms with Crippen LogP contribution in [0.4, 0.5) is 0 Å². The highest BCUT2D eigenvalue weighted by Gasteiger charge is 2.18. The molecule has 0 bridgehead atoms. The summed E-state index contributed by atoms with van der Waals surface area (Å²) in [5.41, 5.74) is 0.969. The molecule has 0 aliphatic rings. The van der Waals surface area contributed by atoms with Crippen molar-refractivity contribution >= 4 is 11.7 Å². The summed E-state index contributed by atoms with van der Waals surface area (Å²) in [5.74, 6) is 0.0398. The molecule has 0 saturated heterocycles. The van der Waals surface area contributed by atoms with Crippen molar-refractivity contribution in [2.45, 2.75) is 33.2 Å². The summed E-state index contributed by atoms with van der Waals surface area (Å²) < 4.78 is 0. The van der Waals surface area contributed by atoms with Gasteiger partial charge in [-0.2, -0.15) is 0 Å². The Bertz CT molecular complexity index is 384. The fourth-order valence-corrected chi connectivity index (χ4v) is 1.62. The van der Waals surface area contributed by atoms with Gasteiger partial charge in [-0.25, -0.2) is 0 Å². The maximum atomic E-state index is 11.8. The first-order valence-electron chi connectivity index (χ1n) is 5.85. The molecule has 0 heterocycles. The van der Waals surface area contributed by atoms with Crippen LogP contribution in [-0.4, -0.2) is 11.7 Å². The summed E-state index contributed by atoms with van der Waals surface area (Å²) in [5, 5.41) is 2.82. The Morgan fingerprint density at radius 3 is 2.24 bits per heavy atom. The number of carbonyl (C=O) groups is 2. The fraction of sp³-hybridized carbons (Fsp3) is 0.429. The third-order valence-corrected chi connectivity index (χ3v) is 2.63. The van der Waals surface area contributed by atoms with Gasteiger partial charge in [0.05, 0.1) is 6.04 Å². The van der Waals surface area contributed by atoms with Gasteiger partial charge < -0.3 is 5.32 Å². The third-order valence-electron chi connectivity index (χ3n) is 2.63. The van der Waals surface area contributed by atoms with Gasteiger partial charge >= 0.3 is 0 Å². The van der Waals surface area contributed by atoms with Gasteiger partial charge in [0.1, 0.15) is 5.78 Å². The normalized spacial score (nSPS) is 12.2. The zero-order valence-corrected chi connectivity index (χ0v) is 10.6. The van der Waals surface area contributed by atoms with Crippen molar-refractivity contribution < 1.29 is 9.59 Å². The minimum absolute atomic E-state index is 0.00466. The van der Waals surface area contributed by atoms with Gasteiger partial charge in [0.15, 0.2) is 0 Å². The number of ketones is 1. The zero-order valence-electron chi connectivity index (χ0n) is 10.6. The third kappa shape index (κ3) is 4.39. The SMILES string of the molecule is CC(=O)N[C@@H](CC(=O)C(C)C)c1ccccc1. The molecule has 0 aliphatic carbocycles. The quantitative estimate of drug-likeness (QED) is 0.849. The number of Topliss-reactive ketones (excluding diaryl/α,β-unsaturated/α-hetero) is 1. The van der Waals surface area contributed by atoms with Crippen molar-refractivity contribution in [2.75, 3.05) is 0 Å². The second kappa shape index (κ2) is 6.18. The summed E-state index contributed by atoms with van der Waals surface area (Å²) in [4.78, 5) is 22.9. The number of benzene rings is 1. The van der Waals surface area contributed by atoms with E-state index in [9.17, 15) is 9.59 Å². The monoisotopic (exact) mass is 233 g/mol. The van der Waals surface area contributed by atoms with Crippen LogP contribution in [0.3, 0.4) is 0 Å². The molecule has 0 aromatic heterocycles. The van der Waals surface area contributed by atoms with Crippen LogP contribution in [0.15, 0.2) is 30.3 Å². The maximum absolute atomic E-state index is 11.8. The first kappa shape index (κ1) is 13.4. The molecular formula is C14H19NO2. The molecule has 0 radical (unpaired) electrons. The Hall–Kier alpha value is -1.64. The van der Waals surface area contributed by atoms with Crippen LogP contribution in [-0.2, 0) is 9.59 Å². The molecule has 0 aliphatic heterocycles. The van der Waals surface area contributed by atoms with E-state index in [1.54, 1.807) is 0 Å². The van der Waals surface area contributed by atoms with Crippen LogP contribution in [0.5, 0.6) is 0 Å². The minimum atomic E-state index is -0.219. The number of carbonyl (C=O) groups excluding carboxylic acids is 2. The summed E-state index contributed by atoms with van der Waals surface area (Å²) in [7, 11) is 0. The maximum Gasteiger partial charge on any atom is 0.217 e. The number of hydrogen-bond donors (Lipinski definition) is 1. The van der Waals surface area contributed by atoms with Crippen LogP contribution in [0, 0.1) is 5.92 Å². The summed E-state index contributed by atoms with van der Waals surface area (Å²) in [6.45, 7) is 5.21. The molecular weight excluding hydrogens is 214 g/mol. The second-order valence-electron chi connectivity index (χ2n) is 4.49. The van der Waals surface area contributed by atoms with Crippen LogP contribution in [0.1, 0.15) is 38.8 Å². The molecule has 1 aromatic carbocycles. The number of nitrogens with one attached hydrogen (secondary N) is 1. The molecule has 0 spiro atoms. The van der Waals surface area contributed by atoms with Crippen LogP contribution >= 0.6 is 0 Å². The van der Waals surface area contributed by atoms with Gasteiger partial charge in [0, 0.05) is 19.3 Å². The van der Waals surface area contributed by atoms with Gasteiger partial charge in [-0.1, -0.05) is 44.2 Å². The topological polar surface area (TPSA) is 46.2 Å². The Morgan fingerprint density at radius 2 is 1.76 bits per heavy atom. The highest BCUT2D eigenvalue weighted by atomic mass is 16.1. The lowest BCUT2D eigenvalue weighted by Crippen LogP contribution is -2.29.